The number of nitrogens with one attached hydrogen (secondary N) is 1. The molecule has 2 amide bonds. The average Bonchev–Trinajstić information content (AvgIpc) is 2.65. The van der Waals surface area contributed by atoms with Crippen LogP contribution in [-0.4, -0.2) is 76.5 Å². The number of carbonyl (C=O) groups excluding carboxylic acids is 1. The number of carbonyl (C=O) groups is 1. The maximum Gasteiger partial charge on any atom is 0.317 e. The second-order valence-electron chi connectivity index (χ2n) is 8.41. The smallest absolute Gasteiger partial charge is 0.317 e. The minimum Gasteiger partial charge on any atom is -0.395 e. The number of aliphatic hydroxyl groups excluding tert-OH is 2. The normalized spacial score (nSPS) is 25.7. The minimum absolute atomic E-state index is 0.00297. The molecule has 2 fully saturated rings. The fourth-order valence-electron chi connectivity index (χ4n) is 4.44. The standard InChI is InChI=1S/C23H33N3O3/c1-16(2)24-23(29)25-12-4-5-13-26-20(14-25)22(21(26)15-27)19-10-8-18(9-11-19)7-6-17(3)28/h8-11,16-17,20-22,27-28H,4-5,12-15H2,1-3H3,(H,24,29)/t17-,20-,21+,22+/m0/s1. The van der Waals surface area contributed by atoms with Gasteiger partial charge in [0.25, 0.3) is 0 Å². The number of fused-ring (bicyclic) bond motifs is 1. The van der Waals surface area contributed by atoms with E-state index in [2.05, 4.69) is 34.2 Å². The predicted molar refractivity (Wildman–Crippen MR) is 114 cm³/mol. The molecule has 3 N–H and O–H groups in total. The maximum absolute atomic E-state index is 12.6. The first kappa shape index (κ1) is 21.6. The predicted octanol–water partition coefficient (Wildman–Crippen LogP) is 1.76. The van der Waals surface area contributed by atoms with Crippen molar-refractivity contribution in [3.05, 3.63) is 35.4 Å². The van der Waals surface area contributed by atoms with Crippen LogP contribution in [0.1, 0.15) is 50.7 Å². The largest absolute Gasteiger partial charge is 0.395 e. The van der Waals surface area contributed by atoms with E-state index < -0.39 is 6.10 Å². The van der Waals surface area contributed by atoms with E-state index in [4.69, 9.17) is 0 Å². The lowest BCUT2D eigenvalue weighted by Crippen LogP contribution is -2.68. The van der Waals surface area contributed by atoms with Gasteiger partial charge in [0.05, 0.1) is 6.61 Å². The van der Waals surface area contributed by atoms with E-state index in [9.17, 15) is 15.0 Å². The molecule has 6 heteroatoms. The van der Waals surface area contributed by atoms with Crippen LogP contribution < -0.4 is 5.32 Å². The summed E-state index contributed by atoms with van der Waals surface area (Å²) in [7, 11) is 0. The number of amides is 2. The third-order valence-electron chi connectivity index (χ3n) is 5.79. The monoisotopic (exact) mass is 399 g/mol. The average molecular weight is 400 g/mol. The number of nitrogens with zero attached hydrogens (tertiary/aromatic N) is 2. The SMILES string of the molecule is CC(C)NC(=O)N1CCCCN2[C@H](CO)[C@H](c3ccc(C#C[C@H](C)O)cc3)[C@@H]2C1. The Kier molecular flexibility index (Phi) is 7.18. The molecule has 0 unspecified atom stereocenters. The van der Waals surface area contributed by atoms with Gasteiger partial charge in [-0.2, -0.15) is 0 Å². The number of rotatable bonds is 3. The number of hydrogen-bond donors (Lipinski definition) is 3. The molecule has 29 heavy (non-hydrogen) atoms. The van der Waals surface area contributed by atoms with Gasteiger partial charge in [0.1, 0.15) is 6.10 Å². The highest BCUT2D eigenvalue weighted by Gasteiger charge is 2.49. The summed E-state index contributed by atoms with van der Waals surface area (Å²) in [6, 6.07) is 8.46. The van der Waals surface area contributed by atoms with Crippen LogP contribution in [0, 0.1) is 11.8 Å². The number of hydrogen-bond acceptors (Lipinski definition) is 4. The third kappa shape index (κ3) is 5.11. The highest BCUT2D eigenvalue weighted by atomic mass is 16.3. The van der Waals surface area contributed by atoms with Gasteiger partial charge in [0.2, 0.25) is 0 Å². The Morgan fingerprint density at radius 1 is 1.21 bits per heavy atom. The molecule has 0 spiro atoms. The van der Waals surface area contributed by atoms with Crippen LogP contribution in [0.3, 0.4) is 0 Å². The Labute approximate surface area is 173 Å². The highest BCUT2D eigenvalue weighted by Crippen LogP contribution is 2.41. The summed E-state index contributed by atoms with van der Waals surface area (Å²) in [6.07, 6.45) is 1.36. The Balaban J connectivity index is 1.78. The molecule has 4 atom stereocenters. The lowest BCUT2D eigenvalue weighted by Gasteiger charge is -2.57. The highest BCUT2D eigenvalue weighted by molar-refractivity contribution is 5.74. The molecule has 2 aliphatic rings. The van der Waals surface area contributed by atoms with E-state index in [0.29, 0.717) is 6.54 Å². The van der Waals surface area contributed by atoms with Gasteiger partial charge >= 0.3 is 6.03 Å². The van der Waals surface area contributed by atoms with E-state index in [1.54, 1.807) is 6.92 Å². The van der Waals surface area contributed by atoms with E-state index in [-0.39, 0.29) is 36.7 Å². The van der Waals surface area contributed by atoms with E-state index >= 15 is 0 Å². The summed E-state index contributed by atoms with van der Waals surface area (Å²) in [5.41, 5.74) is 2.03. The van der Waals surface area contributed by atoms with Gasteiger partial charge in [-0.15, -0.1) is 0 Å². The van der Waals surface area contributed by atoms with Crippen molar-refractivity contribution in [2.45, 2.75) is 63.8 Å². The lowest BCUT2D eigenvalue weighted by atomic mass is 9.74. The molecule has 158 valence electrons. The number of benzene rings is 1. The van der Waals surface area contributed by atoms with Crippen molar-refractivity contribution in [1.82, 2.24) is 15.1 Å². The molecule has 0 radical (unpaired) electrons. The Bertz CT molecular complexity index is 751. The van der Waals surface area contributed by atoms with Crippen molar-refractivity contribution in [3.8, 4) is 11.8 Å². The fourth-order valence-corrected chi connectivity index (χ4v) is 4.44. The molecule has 2 aliphatic heterocycles. The minimum atomic E-state index is -0.647. The Morgan fingerprint density at radius 3 is 2.52 bits per heavy atom. The first-order valence-corrected chi connectivity index (χ1v) is 10.6. The molecule has 0 aromatic heterocycles. The molecular weight excluding hydrogens is 366 g/mol. The second-order valence-corrected chi connectivity index (χ2v) is 8.41. The summed E-state index contributed by atoms with van der Waals surface area (Å²) in [5, 5.41) is 22.4. The topological polar surface area (TPSA) is 76.0 Å². The van der Waals surface area contributed by atoms with Crippen molar-refractivity contribution in [3.63, 3.8) is 0 Å². The fraction of sp³-hybridized carbons (Fsp3) is 0.609. The summed E-state index contributed by atoms with van der Waals surface area (Å²) in [6.45, 7) is 8.11. The van der Waals surface area contributed by atoms with E-state index in [0.717, 1.165) is 37.1 Å². The van der Waals surface area contributed by atoms with Crippen LogP contribution in [0.5, 0.6) is 0 Å². The van der Waals surface area contributed by atoms with Crippen LogP contribution >= 0.6 is 0 Å². The molecule has 0 saturated carbocycles. The van der Waals surface area contributed by atoms with Crippen molar-refractivity contribution >= 4 is 6.03 Å². The van der Waals surface area contributed by atoms with Crippen LogP contribution in [0.15, 0.2) is 24.3 Å². The van der Waals surface area contributed by atoms with Crippen LogP contribution in [0.25, 0.3) is 0 Å². The third-order valence-corrected chi connectivity index (χ3v) is 5.79. The Hall–Kier alpha value is -2.07. The summed E-state index contributed by atoms with van der Waals surface area (Å²) in [5.74, 6) is 5.91. The molecule has 2 heterocycles. The number of urea groups is 1. The zero-order valence-electron chi connectivity index (χ0n) is 17.6. The van der Waals surface area contributed by atoms with Crippen LogP contribution in [-0.2, 0) is 0 Å². The van der Waals surface area contributed by atoms with Gasteiger partial charge < -0.3 is 20.4 Å². The van der Waals surface area contributed by atoms with E-state index in [1.807, 2.05) is 30.9 Å². The van der Waals surface area contributed by atoms with Gasteiger partial charge in [-0.25, -0.2) is 4.79 Å². The first-order chi connectivity index (χ1) is 13.9. The molecule has 6 nitrogen and oxygen atoms in total. The molecule has 0 bridgehead atoms. The van der Waals surface area contributed by atoms with Gasteiger partial charge in [-0.05, 0) is 57.9 Å². The molecular formula is C23H33N3O3. The van der Waals surface area contributed by atoms with Crippen molar-refractivity contribution in [2.24, 2.45) is 0 Å². The van der Waals surface area contributed by atoms with Gasteiger partial charge in [0, 0.05) is 42.7 Å². The summed E-state index contributed by atoms with van der Waals surface area (Å²) in [4.78, 5) is 16.9. The van der Waals surface area contributed by atoms with Crippen LogP contribution in [0.2, 0.25) is 0 Å². The molecule has 2 saturated heterocycles. The van der Waals surface area contributed by atoms with Crippen LogP contribution in [0.4, 0.5) is 4.79 Å². The number of aliphatic hydroxyl groups is 2. The second kappa shape index (κ2) is 9.62. The molecule has 1 aromatic rings. The van der Waals surface area contributed by atoms with Gasteiger partial charge in [-0.1, -0.05) is 24.0 Å². The first-order valence-electron chi connectivity index (χ1n) is 10.6. The van der Waals surface area contributed by atoms with Gasteiger partial charge in [-0.3, -0.25) is 4.90 Å². The molecule has 0 aliphatic carbocycles. The Morgan fingerprint density at radius 2 is 1.90 bits per heavy atom. The van der Waals surface area contributed by atoms with Crippen molar-refractivity contribution < 1.29 is 15.0 Å². The summed E-state index contributed by atoms with van der Waals surface area (Å²) < 4.78 is 0. The van der Waals surface area contributed by atoms with E-state index in [1.165, 1.54) is 0 Å². The molecule has 1 aromatic carbocycles. The quantitative estimate of drug-likeness (QED) is 0.677. The van der Waals surface area contributed by atoms with Crippen molar-refractivity contribution in [2.75, 3.05) is 26.2 Å². The zero-order chi connectivity index (χ0) is 21.0. The lowest BCUT2D eigenvalue weighted by molar-refractivity contribution is -0.0591. The summed E-state index contributed by atoms with van der Waals surface area (Å²) >= 11 is 0. The molecule has 3 rings (SSSR count). The van der Waals surface area contributed by atoms with Crippen molar-refractivity contribution in [1.29, 1.82) is 0 Å². The van der Waals surface area contributed by atoms with Gasteiger partial charge in [0.15, 0.2) is 0 Å². The maximum atomic E-state index is 12.6. The zero-order valence-corrected chi connectivity index (χ0v) is 17.6.